The minimum Gasteiger partial charge on any atom is -0.387 e. The molecule has 154 valence electrons. The number of nitrogens with one attached hydrogen (secondary N) is 2. The van der Waals surface area contributed by atoms with Gasteiger partial charge in [0.25, 0.3) is 0 Å². The molecule has 0 fully saturated rings. The van der Waals surface area contributed by atoms with E-state index in [1.165, 1.54) is 0 Å². The van der Waals surface area contributed by atoms with Crippen LogP contribution in [-0.2, 0) is 28.9 Å². The summed E-state index contributed by atoms with van der Waals surface area (Å²) in [5.74, 6) is 0.595. The fraction of sp³-hybridized carbons (Fsp3) is 0.300. The summed E-state index contributed by atoms with van der Waals surface area (Å²) in [5, 5.41) is 16.1. The Labute approximate surface area is 188 Å². The molecular formula is C20H18Cl4N2O3. The molecule has 1 unspecified atom stereocenters. The lowest BCUT2D eigenvalue weighted by Crippen LogP contribution is -2.03. The normalized spacial score (nSPS) is 15.1. The predicted molar refractivity (Wildman–Crippen MR) is 118 cm³/mol. The first-order chi connectivity index (χ1) is 13.8. The number of hydrogen-bond donors (Lipinski definition) is 3. The zero-order valence-corrected chi connectivity index (χ0v) is 18.2. The molecular weight excluding hydrogens is 458 g/mol. The van der Waals surface area contributed by atoms with Crippen molar-refractivity contribution < 1.29 is 14.7 Å². The summed E-state index contributed by atoms with van der Waals surface area (Å²) >= 11 is 23.2. The van der Waals surface area contributed by atoms with Gasteiger partial charge in [0.2, 0.25) is 11.8 Å². The van der Waals surface area contributed by atoms with E-state index < -0.39 is 6.10 Å². The Hall–Kier alpha value is -1.50. The number of alkyl halides is 2. The summed E-state index contributed by atoms with van der Waals surface area (Å²) in [7, 11) is 0. The molecule has 2 aliphatic rings. The molecule has 0 aliphatic carbocycles. The molecule has 0 aromatic heterocycles. The van der Waals surface area contributed by atoms with Crippen molar-refractivity contribution in [2.45, 2.75) is 25.4 Å². The largest absolute Gasteiger partial charge is 0.387 e. The molecule has 5 nitrogen and oxygen atoms in total. The van der Waals surface area contributed by atoms with Crippen molar-refractivity contribution in [1.82, 2.24) is 0 Å². The van der Waals surface area contributed by atoms with Gasteiger partial charge in [-0.25, -0.2) is 0 Å². The lowest BCUT2D eigenvalue weighted by molar-refractivity contribution is -0.115. The number of amides is 2. The van der Waals surface area contributed by atoms with Gasteiger partial charge in [-0.05, 0) is 41.3 Å². The number of aliphatic hydroxyl groups excluding tert-OH is 1. The molecule has 1 atom stereocenters. The van der Waals surface area contributed by atoms with Crippen molar-refractivity contribution in [1.29, 1.82) is 0 Å². The zero-order valence-electron chi connectivity index (χ0n) is 15.2. The third-order valence-electron chi connectivity index (χ3n) is 4.61. The van der Waals surface area contributed by atoms with Gasteiger partial charge in [0, 0.05) is 32.9 Å². The number of rotatable bonds is 4. The quantitative estimate of drug-likeness (QED) is 0.559. The lowest BCUT2D eigenvalue weighted by Gasteiger charge is -2.11. The zero-order chi connectivity index (χ0) is 21.1. The highest BCUT2D eigenvalue weighted by Crippen LogP contribution is 2.33. The topological polar surface area (TPSA) is 78.4 Å². The molecule has 2 aliphatic heterocycles. The van der Waals surface area contributed by atoms with Gasteiger partial charge in [-0.15, -0.1) is 23.2 Å². The first-order valence-electron chi connectivity index (χ1n) is 8.85. The molecule has 29 heavy (non-hydrogen) atoms. The summed E-state index contributed by atoms with van der Waals surface area (Å²) in [6, 6.07) is 7.12. The van der Waals surface area contributed by atoms with Crippen molar-refractivity contribution in [3.8, 4) is 0 Å². The van der Waals surface area contributed by atoms with Gasteiger partial charge < -0.3 is 15.7 Å². The first-order valence-corrected chi connectivity index (χ1v) is 10.7. The summed E-state index contributed by atoms with van der Waals surface area (Å²) < 4.78 is 0. The van der Waals surface area contributed by atoms with Gasteiger partial charge in [-0.1, -0.05) is 29.3 Å². The summed E-state index contributed by atoms with van der Waals surface area (Å²) in [6.45, 7) is 0. The molecule has 9 heteroatoms. The van der Waals surface area contributed by atoms with Gasteiger partial charge in [0.15, 0.2) is 0 Å². The number of anilines is 2. The Bertz CT molecular complexity index is 965. The van der Waals surface area contributed by atoms with E-state index in [4.69, 9.17) is 46.4 Å². The van der Waals surface area contributed by atoms with E-state index in [1.54, 1.807) is 18.2 Å². The van der Waals surface area contributed by atoms with Crippen LogP contribution in [0.1, 0.15) is 28.4 Å². The van der Waals surface area contributed by atoms with Crippen molar-refractivity contribution in [2.24, 2.45) is 0 Å². The highest BCUT2D eigenvalue weighted by atomic mass is 35.5. The van der Waals surface area contributed by atoms with Gasteiger partial charge in [-0.3, -0.25) is 9.59 Å². The van der Waals surface area contributed by atoms with Crippen LogP contribution in [0.15, 0.2) is 24.3 Å². The minimum absolute atomic E-state index is 0.0269. The minimum atomic E-state index is -0.792. The van der Waals surface area contributed by atoms with Crippen LogP contribution in [0, 0.1) is 0 Å². The molecule has 0 spiro atoms. The van der Waals surface area contributed by atoms with E-state index >= 15 is 0 Å². The van der Waals surface area contributed by atoms with E-state index in [9.17, 15) is 14.7 Å². The Kier molecular flexibility index (Phi) is 7.30. The van der Waals surface area contributed by atoms with Crippen LogP contribution in [0.25, 0.3) is 0 Å². The molecule has 0 bridgehead atoms. The van der Waals surface area contributed by atoms with Gasteiger partial charge >= 0.3 is 0 Å². The Morgan fingerprint density at radius 3 is 2.00 bits per heavy atom. The van der Waals surface area contributed by atoms with Crippen LogP contribution in [0.5, 0.6) is 0 Å². The number of hydrogen-bond acceptors (Lipinski definition) is 3. The van der Waals surface area contributed by atoms with Crippen molar-refractivity contribution in [3.63, 3.8) is 0 Å². The van der Waals surface area contributed by atoms with Gasteiger partial charge in [-0.2, -0.15) is 0 Å². The maximum atomic E-state index is 11.1. The average Bonchev–Trinajstić information content (AvgIpc) is 3.21. The highest BCUT2D eigenvalue weighted by molar-refractivity contribution is 6.32. The molecule has 4 rings (SSSR count). The molecule has 2 aromatic carbocycles. The highest BCUT2D eigenvalue weighted by Gasteiger charge is 2.22. The van der Waals surface area contributed by atoms with Crippen LogP contribution >= 0.6 is 46.4 Å². The van der Waals surface area contributed by atoms with Crippen molar-refractivity contribution >= 4 is 69.6 Å². The third-order valence-corrected chi connectivity index (χ3v) is 5.77. The molecule has 0 radical (unpaired) electrons. The summed E-state index contributed by atoms with van der Waals surface area (Å²) in [4.78, 5) is 22.2. The Balaban J connectivity index is 0.000000166. The number of aliphatic hydroxyl groups is 1. The van der Waals surface area contributed by atoms with E-state index in [0.29, 0.717) is 34.3 Å². The van der Waals surface area contributed by atoms with E-state index in [2.05, 4.69) is 10.6 Å². The Morgan fingerprint density at radius 1 is 0.897 bits per heavy atom. The molecule has 2 aromatic rings. The smallest absolute Gasteiger partial charge is 0.228 e. The second-order valence-corrected chi connectivity index (χ2v) is 8.19. The second kappa shape index (κ2) is 9.54. The van der Waals surface area contributed by atoms with Crippen LogP contribution in [0.2, 0.25) is 10.0 Å². The van der Waals surface area contributed by atoms with E-state index in [1.807, 2.05) is 6.07 Å². The number of halogens is 4. The first kappa shape index (κ1) is 22.2. The average molecular weight is 476 g/mol. The standard InChI is InChI=1S/C10H9Cl2NO2.C10H9Cl2NO/c11-4-9(14)6-1-5-2-10(15)13-8(5)3-7(6)12;11-2-1-6-3-7-4-10(14)13-9(7)5-8(6)12/h1,3,9,14H,2,4H2,(H,13,15);3,5H,1-2,4H2,(H,13,14). The molecule has 2 heterocycles. The third kappa shape index (κ3) is 5.16. The summed E-state index contributed by atoms with van der Waals surface area (Å²) in [6.07, 6.45) is 0.721. The SMILES string of the molecule is O=C1Cc2cc(C(O)CCl)c(Cl)cc2N1.O=C1Cc2cc(CCCl)c(Cl)cc2N1. The van der Waals surface area contributed by atoms with Gasteiger partial charge in [0.05, 0.1) is 24.8 Å². The molecule has 0 saturated heterocycles. The predicted octanol–water partition coefficient (Wildman–Crippen LogP) is 4.72. The van der Waals surface area contributed by atoms with Crippen LogP contribution < -0.4 is 10.6 Å². The molecule has 0 saturated carbocycles. The fourth-order valence-corrected chi connectivity index (χ4v) is 4.12. The number of benzene rings is 2. The van der Waals surface area contributed by atoms with E-state index in [-0.39, 0.29) is 17.7 Å². The van der Waals surface area contributed by atoms with Crippen LogP contribution in [0.3, 0.4) is 0 Å². The molecule has 3 N–H and O–H groups in total. The lowest BCUT2D eigenvalue weighted by atomic mass is 10.0. The maximum Gasteiger partial charge on any atom is 0.228 e. The maximum absolute atomic E-state index is 11.1. The van der Waals surface area contributed by atoms with E-state index in [0.717, 1.165) is 34.5 Å². The fourth-order valence-electron chi connectivity index (χ4n) is 3.20. The Morgan fingerprint density at radius 2 is 1.45 bits per heavy atom. The second-order valence-electron chi connectivity index (χ2n) is 6.69. The van der Waals surface area contributed by atoms with Crippen LogP contribution in [0.4, 0.5) is 11.4 Å². The number of aryl methyl sites for hydroxylation is 1. The van der Waals surface area contributed by atoms with Crippen molar-refractivity contribution in [2.75, 3.05) is 22.4 Å². The monoisotopic (exact) mass is 474 g/mol. The van der Waals surface area contributed by atoms with Crippen molar-refractivity contribution in [3.05, 3.63) is 56.6 Å². The summed E-state index contributed by atoms with van der Waals surface area (Å²) in [5.41, 5.74) is 5.00. The molecule has 2 amide bonds. The van der Waals surface area contributed by atoms with Gasteiger partial charge in [0.1, 0.15) is 0 Å². The number of carbonyl (C=O) groups excluding carboxylic acids is 2. The van der Waals surface area contributed by atoms with Crippen LogP contribution in [-0.4, -0.2) is 28.7 Å². The number of carbonyl (C=O) groups is 2. The number of fused-ring (bicyclic) bond motifs is 2.